The lowest BCUT2D eigenvalue weighted by Gasteiger charge is -2.57. The lowest BCUT2D eigenvalue weighted by atomic mass is 9.47. The van der Waals surface area contributed by atoms with Crippen molar-refractivity contribution in [2.75, 3.05) is 0 Å². The lowest BCUT2D eigenvalue weighted by molar-refractivity contribution is -0.0414. The molecular formula is C29H48O. The van der Waals surface area contributed by atoms with Gasteiger partial charge in [0.2, 0.25) is 0 Å². The fraction of sp³-hybridized carbons (Fsp3) is 0.862. The van der Waals surface area contributed by atoms with E-state index >= 15 is 0 Å². The van der Waals surface area contributed by atoms with Crippen LogP contribution in [0, 0.1) is 52.3 Å². The maximum atomic E-state index is 10.3. The predicted molar refractivity (Wildman–Crippen MR) is 128 cm³/mol. The van der Waals surface area contributed by atoms with Crippen LogP contribution in [-0.2, 0) is 0 Å². The average molecular weight is 413 g/mol. The smallest absolute Gasteiger partial charge is 0.0543 e. The van der Waals surface area contributed by atoms with Gasteiger partial charge in [-0.05, 0) is 110 Å². The van der Waals surface area contributed by atoms with Crippen LogP contribution in [0.25, 0.3) is 0 Å². The van der Waals surface area contributed by atoms with Crippen molar-refractivity contribution in [2.45, 2.75) is 105 Å². The van der Waals surface area contributed by atoms with Crippen molar-refractivity contribution in [3.8, 4) is 0 Å². The van der Waals surface area contributed by atoms with Crippen molar-refractivity contribution in [3.63, 3.8) is 0 Å². The Labute approximate surface area is 186 Å². The van der Waals surface area contributed by atoms with E-state index in [0.29, 0.717) is 22.7 Å². The van der Waals surface area contributed by atoms with E-state index in [0.717, 1.165) is 42.4 Å². The molecule has 3 saturated carbocycles. The number of hydrogen-bond donors (Lipinski definition) is 1. The zero-order valence-electron chi connectivity index (χ0n) is 20.7. The first-order chi connectivity index (χ1) is 14.2. The molecule has 170 valence electrons. The Bertz CT molecular complexity index is 674. The van der Waals surface area contributed by atoms with E-state index in [1.807, 2.05) is 5.57 Å². The molecule has 0 amide bonds. The molecule has 4 rings (SSSR count). The summed E-state index contributed by atoms with van der Waals surface area (Å²) >= 11 is 0. The van der Waals surface area contributed by atoms with Gasteiger partial charge < -0.3 is 5.11 Å². The number of rotatable bonds is 5. The van der Waals surface area contributed by atoms with Crippen molar-refractivity contribution in [2.24, 2.45) is 52.3 Å². The molecule has 4 aliphatic rings. The van der Waals surface area contributed by atoms with E-state index in [2.05, 4.69) is 59.8 Å². The number of aliphatic hydroxyl groups is 1. The highest BCUT2D eigenvalue weighted by molar-refractivity contribution is 5.28. The highest BCUT2D eigenvalue weighted by atomic mass is 16.3. The third-order valence-corrected chi connectivity index (χ3v) is 10.7. The summed E-state index contributed by atoms with van der Waals surface area (Å²) in [6.45, 7) is 14.8. The Morgan fingerprint density at radius 2 is 1.70 bits per heavy atom. The average Bonchev–Trinajstić information content (AvgIpc) is 3.06. The van der Waals surface area contributed by atoms with E-state index < -0.39 is 0 Å². The first-order valence-electron chi connectivity index (χ1n) is 13.3. The molecule has 1 nitrogen and oxygen atoms in total. The van der Waals surface area contributed by atoms with Gasteiger partial charge in [0.15, 0.2) is 0 Å². The topological polar surface area (TPSA) is 20.2 Å². The molecule has 0 aliphatic heterocycles. The van der Waals surface area contributed by atoms with Crippen LogP contribution in [0.2, 0.25) is 0 Å². The van der Waals surface area contributed by atoms with Crippen LogP contribution in [0.1, 0.15) is 99.3 Å². The highest BCUT2D eigenvalue weighted by Crippen LogP contribution is 2.66. The van der Waals surface area contributed by atoms with Crippen LogP contribution in [-0.4, -0.2) is 11.2 Å². The molecule has 3 fully saturated rings. The van der Waals surface area contributed by atoms with Gasteiger partial charge in [0, 0.05) is 0 Å². The highest BCUT2D eigenvalue weighted by Gasteiger charge is 2.57. The number of hydrogen-bond acceptors (Lipinski definition) is 1. The van der Waals surface area contributed by atoms with E-state index in [1.54, 1.807) is 0 Å². The van der Waals surface area contributed by atoms with Crippen molar-refractivity contribution in [1.82, 2.24) is 0 Å². The molecule has 1 heteroatoms. The third kappa shape index (κ3) is 3.66. The van der Waals surface area contributed by atoms with Gasteiger partial charge in [-0.2, -0.15) is 0 Å². The Balaban J connectivity index is 1.53. The second kappa shape index (κ2) is 8.42. The summed E-state index contributed by atoms with van der Waals surface area (Å²) in [7, 11) is 0. The van der Waals surface area contributed by atoms with Gasteiger partial charge in [0.25, 0.3) is 0 Å². The van der Waals surface area contributed by atoms with Gasteiger partial charge in [-0.25, -0.2) is 0 Å². The van der Waals surface area contributed by atoms with E-state index in [9.17, 15) is 5.11 Å². The van der Waals surface area contributed by atoms with Crippen LogP contribution in [0.4, 0.5) is 0 Å². The number of fused-ring (bicyclic) bond motifs is 5. The molecule has 9 atom stereocenters. The zero-order chi connectivity index (χ0) is 21.7. The molecular weight excluding hydrogens is 364 g/mol. The first-order valence-corrected chi connectivity index (χ1v) is 13.3. The molecule has 0 saturated heterocycles. The summed E-state index contributed by atoms with van der Waals surface area (Å²) in [5, 5.41) is 10.3. The molecule has 0 radical (unpaired) electrons. The fourth-order valence-electron chi connectivity index (χ4n) is 8.68. The van der Waals surface area contributed by atoms with Gasteiger partial charge in [0.1, 0.15) is 0 Å². The summed E-state index contributed by atoms with van der Waals surface area (Å²) < 4.78 is 0. The van der Waals surface area contributed by atoms with Gasteiger partial charge in [-0.15, -0.1) is 0 Å². The summed E-state index contributed by atoms with van der Waals surface area (Å²) in [5.74, 6) is 5.32. The summed E-state index contributed by atoms with van der Waals surface area (Å²) in [5.41, 5.74) is 2.79. The SMILES string of the molecule is CC[C@H](/C=C\[C@H](C)[C@H]1CC[C@H]2C3=CC[C@H]4C[C@H](O)CC[C@]4(C)[C@H]3CC[C@]12C)C(C)C. The Hall–Kier alpha value is -0.560. The minimum atomic E-state index is -0.0480. The summed E-state index contributed by atoms with van der Waals surface area (Å²) in [6, 6.07) is 0. The summed E-state index contributed by atoms with van der Waals surface area (Å²) in [6.07, 6.45) is 19.2. The molecule has 4 aliphatic carbocycles. The van der Waals surface area contributed by atoms with E-state index in [-0.39, 0.29) is 6.10 Å². The monoisotopic (exact) mass is 412 g/mol. The molecule has 0 bridgehead atoms. The summed E-state index contributed by atoms with van der Waals surface area (Å²) in [4.78, 5) is 0. The van der Waals surface area contributed by atoms with Crippen molar-refractivity contribution >= 4 is 0 Å². The van der Waals surface area contributed by atoms with Crippen LogP contribution in [0.3, 0.4) is 0 Å². The molecule has 30 heavy (non-hydrogen) atoms. The maximum absolute atomic E-state index is 10.3. The fourth-order valence-corrected chi connectivity index (χ4v) is 8.68. The third-order valence-electron chi connectivity index (χ3n) is 10.7. The van der Waals surface area contributed by atoms with Crippen molar-refractivity contribution < 1.29 is 5.11 Å². The molecule has 1 N–H and O–H groups in total. The van der Waals surface area contributed by atoms with E-state index in [1.165, 1.54) is 44.9 Å². The standard InChI is InChI=1S/C29H48O/c1-7-21(19(2)3)9-8-20(4)25-12-13-26-24-11-10-22-18-23(30)14-16-28(22,5)27(24)15-17-29(25,26)6/h8-9,11,19-23,25-27,30H,7,10,12-18H2,1-6H3/b9-8-/t20-,21+,22-,23+,25+,26-,27-,28-,29+/m0/s1. The molecule has 0 heterocycles. The van der Waals surface area contributed by atoms with Crippen LogP contribution < -0.4 is 0 Å². The van der Waals surface area contributed by atoms with Crippen LogP contribution >= 0.6 is 0 Å². The van der Waals surface area contributed by atoms with Gasteiger partial charge >= 0.3 is 0 Å². The molecule has 0 unspecified atom stereocenters. The number of allylic oxidation sites excluding steroid dienone is 4. The van der Waals surface area contributed by atoms with Crippen molar-refractivity contribution in [1.29, 1.82) is 0 Å². The Morgan fingerprint density at radius 1 is 1.00 bits per heavy atom. The molecule has 0 aromatic heterocycles. The minimum Gasteiger partial charge on any atom is -0.393 e. The van der Waals surface area contributed by atoms with Gasteiger partial charge in [0.05, 0.1) is 6.10 Å². The molecule has 0 aromatic carbocycles. The minimum absolute atomic E-state index is 0.0480. The first kappa shape index (κ1) is 22.6. The molecule has 0 aromatic rings. The largest absolute Gasteiger partial charge is 0.393 e. The molecule has 0 spiro atoms. The number of aliphatic hydroxyl groups excluding tert-OH is 1. The van der Waals surface area contributed by atoms with E-state index in [4.69, 9.17) is 0 Å². The quantitative estimate of drug-likeness (QED) is 0.457. The normalized spacial score (nSPS) is 45.6. The maximum Gasteiger partial charge on any atom is 0.0543 e. The predicted octanol–water partition coefficient (Wildman–Crippen LogP) is 7.80. The lowest BCUT2D eigenvalue weighted by Crippen LogP contribution is -2.49. The second-order valence-corrected chi connectivity index (χ2v) is 12.5. The van der Waals surface area contributed by atoms with Crippen LogP contribution in [0.5, 0.6) is 0 Å². The Kier molecular flexibility index (Phi) is 6.35. The van der Waals surface area contributed by atoms with Crippen molar-refractivity contribution in [3.05, 3.63) is 23.8 Å². The second-order valence-electron chi connectivity index (χ2n) is 12.5. The zero-order valence-corrected chi connectivity index (χ0v) is 20.7. The van der Waals surface area contributed by atoms with Gasteiger partial charge in [-0.3, -0.25) is 0 Å². The Morgan fingerprint density at radius 3 is 2.40 bits per heavy atom. The van der Waals surface area contributed by atoms with Gasteiger partial charge in [-0.1, -0.05) is 65.3 Å². The van der Waals surface area contributed by atoms with Crippen LogP contribution in [0.15, 0.2) is 23.8 Å².